The van der Waals surface area contributed by atoms with Gasteiger partial charge in [0.15, 0.2) is 0 Å². The van der Waals surface area contributed by atoms with Crippen LogP contribution in [0.3, 0.4) is 0 Å². The summed E-state index contributed by atoms with van der Waals surface area (Å²) in [6.45, 7) is 8.67. The number of hydrogen-bond acceptors (Lipinski definition) is 6. The number of ether oxygens (including phenoxy) is 3. The predicted molar refractivity (Wildman–Crippen MR) is 209 cm³/mol. The zero-order valence-electron chi connectivity index (χ0n) is 33.7. The van der Waals surface area contributed by atoms with Gasteiger partial charge < -0.3 is 19.1 Å². The summed E-state index contributed by atoms with van der Waals surface area (Å²) in [6, 6.07) is 0. The van der Waals surface area contributed by atoms with Gasteiger partial charge >= 0.3 is 12.1 Å². The van der Waals surface area contributed by atoms with Gasteiger partial charge in [0.25, 0.3) is 0 Å². The lowest BCUT2D eigenvalue weighted by Crippen LogP contribution is -2.23. The second kappa shape index (κ2) is 37.9. The minimum absolute atomic E-state index is 0.0258. The third kappa shape index (κ3) is 36.3. The molecule has 0 aliphatic carbocycles. The van der Waals surface area contributed by atoms with Gasteiger partial charge in [0.2, 0.25) is 0 Å². The molecule has 49 heavy (non-hydrogen) atoms. The molecule has 0 bridgehead atoms. The number of carbonyl (C=O) groups excluding carboxylic acids is 2. The topological polar surface area (TPSA) is 65.1 Å². The molecule has 0 saturated carbocycles. The van der Waals surface area contributed by atoms with Gasteiger partial charge in [0.05, 0.1) is 13.2 Å². The molecular formula is C43H85NO5. The number of esters is 1. The number of carbonyl (C=O) groups is 2. The highest BCUT2D eigenvalue weighted by atomic mass is 16.7. The Morgan fingerprint density at radius 1 is 0.490 bits per heavy atom. The zero-order chi connectivity index (χ0) is 36.0. The van der Waals surface area contributed by atoms with Gasteiger partial charge in [-0.05, 0) is 58.5 Å². The van der Waals surface area contributed by atoms with Crippen molar-refractivity contribution in [2.45, 2.75) is 226 Å². The minimum Gasteiger partial charge on any atom is -0.466 e. The maximum atomic E-state index is 12.7. The van der Waals surface area contributed by atoms with Gasteiger partial charge in [-0.15, -0.1) is 0 Å². The summed E-state index contributed by atoms with van der Waals surface area (Å²) in [5, 5.41) is 0. The van der Waals surface area contributed by atoms with Crippen molar-refractivity contribution in [3.05, 3.63) is 0 Å². The molecule has 0 aliphatic rings. The van der Waals surface area contributed by atoms with E-state index in [0.717, 1.165) is 70.8 Å². The summed E-state index contributed by atoms with van der Waals surface area (Å²) in [5.74, 6) is 0.597. The molecule has 1 atom stereocenters. The van der Waals surface area contributed by atoms with Crippen LogP contribution in [0, 0.1) is 5.92 Å². The quantitative estimate of drug-likeness (QED) is 0.0473. The maximum absolute atomic E-state index is 12.7. The van der Waals surface area contributed by atoms with Crippen LogP contribution in [0.25, 0.3) is 0 Å². The number of unbranched alkanes of at least 4 members (excludes halogenated alkanes) is 21. The number of hydrogen-bond donors (Lipinski definition) is 0. The lowest BCUT2D eigenvalue weighted by Gasteiger charge is -2.24. The zero-order valence-corrected chi connectivity index (χ0v) is 33.7. The van der Waals surface area contributed by atoms with Crippen LogP contribution in [0.2, 0.25) is 0 Å². The average molecular weight is 696 g/mol. The Balaban J connectivity index is 4.61. The van der Waals surface area contributed by atoms with Crippen molar-refractivity contribution in [1.82, 2.24) is 4.90 Å². The normalized spacial score (nSPS) is 12.1. The van der Waals surface area contributed by atoms with Gasteiger partial charge in [0, 0.05) is 13.0 Å². The standard InChI is InChI=1S/C43H85NO5/c1-6-9-12-15-18-24-29-35-42(45)47-37-30-25-20-19-23-28-34-41(49-43(46)48-38-31-36-44(4)5)39-40(32-26-21-16-13-10-7-2)33-27-22-17-14-11-8-3/h40-41H,6-39H2,1-5H3. The van der Waals surface area contributed by atoms with E-state index >= 15 is 0 Å². The molecule has 0 spiro atoms. The molecule has 0 saturated heterocycles. The first-order valence-electron chi connectivity index (χ1n) is 21.6. The second-order valence-corrected chi connectivity index (χ2v) is 15.2. The van der Waals surface area contributed by atoms with Crippen molar-refractivity contribution in [1.29, 1.82) is 0 Å². The third-order valence-electron chi connectivity index (χ3n) is 9.93. The van der Waals surface area contributed by atoms with Gasteiger partial charge in [0.1, 0.15) is 6.10 Å². The molecule has 0 aromatic rings. The van der Waals surface area contributed by atoms with Crippen LogP contribution in [-0.4, -0.2) is 57.0 Å². The first-order chi connectivity index (χ1) is 23.9. The van der Waals surface area contributed by atoms with Crippen LogP contribution < -0.4 is 0 Å². The average Bonchev–Trinajstić information content (AvgIpc) is 3.08. The lowest BCUT2D eigenvalue weighted by molar-refractivity contribution is -0.143. The molecular weight excluding hydrogens is 610 g/mol. The molecule has 0 aliphatic heterocycles. The van der Waals surface area contributed by atoms with Crippen molar-refractivity contribution in [2.24, 2.45) is 5.92 Å². The summed E-state index contributed by atoms with van der Waals surface area (Å²) in [5.41, 5.74) is 0. The van der Waals surface area contributed by atoms with E-state index in [1.54, 1.807) is 0 Å². The first kappa shape index (κ1) is 47.7. The molecule has 6 heteroatoms. The lowest BCUT2D eigenvalue weighted by atomic mass is 9.88. The van der Waals surface area contributed by atoms with E-state index in [1.807, 2.05) is 14.1 Å². The fraction of sp³-hybridized carbons (Fsp3) is 0.953. The first-order valence-corrected chi connectivity index (χ1v) is 21.6. The highest BCUT2D eigenvalue weighted by Gasteiger charge is 2.21. The van der Waals surface area contributed by atoms with Crippen LogP contribution in [0.4, 0.5) is 4.79 Å². The second-order valence-electron chi connectivity index (χ2n) is 15.2. The Labute approximate surface area is 305 Å². The Hall–Kier alpha value is -1.30. The molecule has 0 aromatic heterocycles. The van der Waals surface area contributed by atoms with Crippen molar-refractivity contribution >= 4 is 12.1 Å². The van der Waals surface area contributed by atoms with Gasteiger partial charge in [-0.3, -0.25) is 4.79 Å². The van der Waals surface area contributed by atoms with E-state index < -0.39 is 6.16 Å². The molecule has 1 unspecified atom stereocenters. The summed E-state index contributed by atoms with van der Waals surface area (Å²) in [6.07, 6.45) is 36.3. The van der Waals surface area contributed by atoms with Gasteiger partial charge in [-0.2, -0.15) is 0 Å². The number of nitrogens with zero attached hydrogens (tertiary/aromatic N) is 1. The van der Waals surface area contributed by atoms with Crippen LogP contribution in [-0.2, 0) is 19.0 Å². The van der Waals surface area contributed by atoms with E-state index in [0.29, 0.717) is 25.6 Å². The van der Waals surface area contributed by atoms with Crippen molar-refractivity contribution in [3.63, 3.8) is 0 Å². The van der Waals surface area contributed by atoms with Crippen LogP contribution in [0.5, 0.6) is 0 Å². The summed E-state index contributed by atoms with van der Waals surface area (Å²) >= 11 is 0. The number of rotatable bonds is 38. The van der Waals surface area contributed by atoms with Crippen molar-refractivity contribution in [2.75, 3.05) is 33.9 Å². The van der Waals surface area contributed by atoms with E-state index in [2.05, 4.69) is 25.7 Å². The predicted octanol–water partition coefficient (Wildman–Crippen LogP) is 13.4. The molecule has 0 N–H and O–H groups in total. The fourth-order valence-electron chi connectivity index (χ4n) is 6.78. The van der Waals surface area contributed by atoms with Crippen LogP contribution >= 0.6 is 0 Å². The van der Waals surface area contributed by atoms with Crippen molar-refractivity contribution in [3.8, 4) is 0 Å². The summed E-state index contributed by atoms with van der Waals surface area (Å²) in [4.78, 5) is 26.8. The van der Waals surface area contributed by atoms with Gasteiger partial charge in [-0.25, -0.2) is 4.79 Å². The van der Waals surface area contributed by atoms with Crippen molar-refractivity contribution < 1.29 is 23.8 Å². The molecule has 0 heterocycles. The molecule has 0 rings (SSSR count). The van der Waals surface area contributed by atoms with E-state index in [1.165, 1.54) is 128 Å². The summed E-state index contributed by atoms with van der Waals surface area (Å²) < 4.78 is 17.0. The molecule has 292 valence electrons. The minimum atomic E-state index is -0.483. The molecule has 0 radical (unpaired) electrons. The highest BCUT2D eigenvalue weighted by molar-refractivity contribution is 5.69. The monoisotopic (exact) mass is 696 g/mol. The smallest absolute Gasteiger partial charge is 0.466 e. The van der Waals surface area contributed by atoms with E-state index in [4.69, 9.17) is 14.2 Å². The Morgan fingerprint density at radius 3 is 1.43 bits per heavy atom. The Bertz CT molecular complexity index is 684. The van der Waals surface area contributed by atoms with Gasteiger partial charge in [-0.1, -0.05) is 175 Å². The third-order valence-corrected chi connectivity index (χ3v) is 9.93. The van der Waals surface area contributed by atoms with Crippen LogP contribution in [0.15, 0.2) is 0 Å². The summed E-state index contributed by atoms with van der Waals surface area (Å²) in [7, 11) is 4.07. The molecule has 0 fully saturated rings. The van der Waals surface area contributed by atoms with E-state index in [-0.39, 0.29) is 12.1 Å². The Kier molecular flexibility index (Phi) is 36.9. The maximum Gasteiger partial charge on any atom is 0.508 e. The Morgan fingerprint density at radius 2 is 0.918 bits per heavy atom. The highest BCUT2D eigenvalue weighted by Crippen LogP contribution is 2.27. The van der Waals surface area contributed by atoms with E-state index in [9.17, 15) is 9.59 Å². The molecule has 6 nitrogen and oxygen atoms in total. The SMILES string of the molecule is CCCCCCCCCC(=O)OCCCCCCCCC(CC(CCCCCCCC)CCCCCCCC)OC(=O)OCCCN(C)C. The molecule has 0 amide bonds. The largest absolute Gasteiger partial charge is 0.508 e. The fourth-order valence-corrected chi connectivity index (χ4v) is 6.78. The molecule has 0 aromatic carbocycles. The van der Waals surface area contributed by atoms with Crippen LogP contribution in [0.1, 0.15) is 220 Å².